The summed E-state index contributed by atoms with van der Waals surface area (Å²) in [5, 5.41) is 12.6. The number of pyridine rings is 1. The predicted molar refractivity (Wildman–Crippen MR) is 124 cm³/mol. The number of hydrogen-bond donors (Lipinski definition) is 0. The average Bonchev–Trinajstić information content (AvgIpc) is 3.26. The van der Waals surface area contributed by atoms with Gasteiger partial charge in [0.1, 0.15) is 12.3 Å². The molecule has 0 radical (unpaired) electrons. The number of hydrogen-bond acceptors (Lipinski definition) is 6. The van der Waals surface area contributed by atoms with Crippen LogP contribution in [0.15, 0.2) is 64.1 Å². The first kappa shape index (κ1) is 20.3. The predicted octanol–water partition coefficient (Wildman–Crippen LogP) is 4.57. The van der Waals surface area contributed by atoms with Crippen molar-refractivity contribution in [3.05, 3.63) is 59.8 Å². The standard InChI is InChI=1S/C25H25N5O2/c1-15-5-4-6-16(2)24(15)21-9-10-26-22-11-19(7-8-20(21)22)32-17(3)25(31)30-13-18(14-30)23-12-27-29-28-23/h4-11,17-18H,12-14H2,1-3H3/t17-/m1/s1. The van der Waals surface area contributed by atoms with Crippen LogP contribution in [0.25, 0.3) is 22.0 Å². The molecule has 7 heteroatoms. The van der Waals surface area contributed by atoms with Gasteiger partial charge in [0.15, 0.2) is 6.10 Å². The number of aromatic nitrogens is 1. The van der Waals surface area contributed by atoms with Gasteiger partial charge in [0.2, 0.25) is 0 Å². The number of fused-ring (bicyclic) bond motifs is 1. The van der Waals surface area contributed by atoms with Crippen LogP contribution in [0.5, 0.6) is 5.75 Å². The van der Waals surface area contributed by atoms with E-state index in [9.17, 15) is 4.79 Å². The number of carbonyl (C=O) groups excluding carboxylic acids is 1. The van der Waals surface area contributed by atoms with Crippen LogP contribution in [0, 0.1) is 19.8 Å². The van der Waals surface area contributed by atoms with Crippen molar-refractivity contribution in [2.75, 3.05) is 19.6 Å². The molecule has 1 fully saturated rings. The number of aryl methyl sites for hydroxylation is 2. The second kappa shape index (κ2) is 8.15. The van der Waals surface area contributed by atoms with E-state index >= 15 is 0 Å². The van der Waals surface area contributed by atoms with E-state index in [1.807, 2.05) is 24.4 Å². The van der Waals surface area contributed by atoms with Gasteiger partial charge in [-0.1, -0.05) is 18.2 Å². The Hall–Kier alpha value is -3.61. The fraction of sp³-hybridized carbons (Fsp3) is 0.320. The number of rotatable bonds is 5. The summed E-state index contributed by atoms with van der Waals surface area (Å²) in [6.07, 6.45) is 1.25. The van der Waals surface area contributed by atoms with Crippen LogP contribution in [0.1, 0.15) is 18.1 Å². The summed E-state index contributed by atoms with van der Waals surface area (Å²) in [4.78, 5) is 19.1. The quantitative estimate of drug-likeness (QED) is 0.598. The Morgan fingerprint density at radius 1 is 1.12 bits per heavy atom. The molecule has 3 heterocycles. The molecule has 1 atom stereocenters. The van der Waals surface area contributed by atoms with Crippen molar-refractivity contribution >= 4 is 22.5 Å². The molecule has 0 bridgehead atoms. The van der Waals surface area contributed by atoms with Crippen LogP contribution in [0.4, 0.5) is 0 Å². The number of benzene rings is 2. The zero-order valence-electron chi connectivity index (χ0n) is 18.4. The summed E-state index contributed by atoms with van der Waals surface area (Å²) in [7, 11) is 0. The van der Waals surface area contributed by atoms with Crippen LogP contribution in [-0.4, -0.2) is 47.2 Å². The van der Waals surface area contributed by atoms with E-state index in [0.29, 0.717) is 25.4 Å². The smallest absolute Gasteiger partial charge is 0.263 e. The van der Waals surface area contributed by atoms with E-state index in [1.165, 1.54) is 16.7 Å². The van der Waals surface area contributed by atoms with E-state index in [0.717, 1.165) is 22.2 Å². The molecule has 3 aromatic rings. The molecule has 32 heavy (non-hydrogen) atoms. The van der Waals surface area contributed by atoms with Crippen molar-refractivity contribution in [2.24, 2.45) is 21.4 Å². The number of carbonyl (C=O) groups is 1. The van der Waals surface area contributed by atoms with Gasteiger partial charge in [-0.25, -0.2) is 0 Å². The normalized spacial score (nSPS) is 16.7. The van der Waals surface area contributed by atoms with Gasteiger partial charge in [-0.3, -0.25) is 9.78 Å². The molecule has 0 aliphatic carbocycles. The third-order valence-electron chi connectivity index (χ3n) is 6.26. The zero-order chi connectivity index (χ0) is 22.2. The molecule has 1 amide bonds. The zero-order valence-corrected chi connectivity index (χ0v) is 18.4. The molecule has 0 saturated carbocycles. The van der Waals surface area contributed by atoms with Crippen molar-refractivity contribution in [1.82, 2.24) is 9.88 Å². The highest BCUT2D eigenvalue weighted by molar-refractivity contribution is 5.96. The average molecular weight is 428 g/mol. The van der Waals surface area contributed by atoms with Crippen molar-refractivity contribution in [3.63, 3.8) is 0 Å². The van der Waals surface area contributed by atoms with Gasteiger partial charge in [0.25, 0.3) is 5.91 Å². The number of nitrogens with zero attached hydrogens (tertiary/aromatic N) is 5. The number of likely N-dealkylation sites (tertiary alicyclic amines) is 1. The summed E-state index contributed by atoms with van der Waals surface area (Å²) >= 11 is 0. The molecule has 2 aliphatic heterocycles. The number of ether oxygens (including phenoxy) is 1. The minimum atomic E-state index is -0.574. The number of amides is 1. The van der Waals surface area contributed by atoms with Gasteiger partial charge < -0.3 is 9.64 Å². The molecule has 0 N–H and O–H groups in total. The molecule has 0 spiro atoms. The summed E-state index contributed by atoms with van der Waals surface area (Å²) in [5.41, 5.74) is 6.66. The first-order valence-electron chi connectivity index (χ1n) is 10.9. The molecule has 1 saturated heterocycles. The van der Waals surface area contributed by atoms with Crippen LogP contribution in [-0.2, 0) is 4.79 Å². The first-order chi connectivity index (χ1) is 15.5. The SMILES string of the molecule is Cc1cccc(C)c1-c1ccnc2cc(O[C@H](C)C(=O)N3CC(C4=NN=NC4)C3)ccc12. The topological polar surface area (TPSA) is 79.5 Å². The second-order valence-corrected chi connectivity index (χ2v) is 8.48. The van der Waals surface area contributed by atoms with E-state index in [-0.39, 0.29) is 11.8 Å². The van der Waals surface area contributed by atoms with E-state index in [2.05, 4.69) is 58.5 Å². The lowest BCUT2D eigenvalue weighted by atomic mass is 9.93. The van der Waals surface area contributed by atoms with Gasteiger partial charge >= 0.3 is 0 Å². The maximum Gasteiger partial charge on any atom is 0.263 e. The van der Waals surface area contributed by atoms with Gasteiger partial charge in [-0.05, 0) is 66.4 Å². The molecule has 162 valence electrons. The highest BCUT2D eigenvalue weighted by Gasteiger charge is 2.37. The molecule has 2 aromatic carbocycles. The maximum absolute atomic E-state index is 12.8. The molecular formula is C25H25N5O2. The third-order valence-corrected chi connectivity index (χ3v) is 6.26. The van der Waals surface area contributed by atoms with Crippen molar-refractivity contribution in [2.45, 2.75) is 26.9 Å². The summed E-state index contributed by atoms with van der Waals surface area (Å²) in [6, 6.07) is 14.2. The first-order valence-corrected chi connectivity index (χ1v) is 10.9. The lowest BCUT2D eigenvalue weighted by Crippen LogP contribution is -2.56. The Labute approximate surface area is 186 Å². The van der Waals surface area contributed by atoms with E-state index in [1.54, 1.807) is 11.8 Å². The third kappa shape index (κ3) is 3.64. The molecular weight excluding hydrogens is 402 g/mol. The minimum Gasteiger partial charge on any atom is -0.481 e. The Bertz CT molecular complexity index is 1240. The van der Waals surface area contributed by atoms with Crippen LogP contribution < -0.4 is 4.74 Å². The van der Waals surface area contributed by atoms with Crippen molar-refractivity contribution in [3.8, 4) is 16.9 Å². The largest absolute Gasteiger partial charge is 0.481 e. The van der Waals surface area contributed by atoms with E-state index in [4.69, 9.17) is 4.74 Å². The Balaban J connectivity index is 1.32. The summed E-state index contributed by atoms with van der Waals surface area (Å²) in [5.74, 6) is 0.875. The molecule has 0 unspecified atom stereocenters. The monoisotopic (exact) mass is 427 g/mol. The lowest BCUT2D eigenvalue weighted by molar-refractivity contribution is -0.142. The van der Waals surface area contributed by atoms with E-state index < -0.39 is 6.10 Å². The summed E-state index contributed by atoms with van der Waals surface area (Å²) in [6.45, 7) is 7.89. The minimum absolute atomic E-state index is 0.0222. The van der Waals surface area contributed by atoms with Crippen molar-refractivity contribution < 1.29 is 9.53 Å². The van der Waals surface area contributed by atoms with Gasteiger partial charge in [0, 0.05) is 36.7 Å². The Kier molecular flexibility index (Phi) is 5.17. The molecule has 2 aliphatic rings. The maximum atomic E-state index is 12.8. The molecule has 5 rings (SSSR count). The fourth-order valence-electron chi connectivity index (χ4n) is 4.47. The Morgan fingerprint density at radius 3 is 2.62 bits per heavy atom. The molecule has 7 nitrogen and oxygen atoms in total. The van der Waals surface area contributed by atoms with Gasteiger partial charge in [-0.15, -0.1) is 5.10 Å². The fourth-order valence-corrected chi connectivity index (χ4v) is 4.47. The van der Waals surface area contributed by atoms with Crippen LogP contribution in [0.3, 0.4) is 0 Å². The lowest BCUT2D eigenvalue weighted by Gasteiger charge is -2.40. The molecule has 1 aromatic heterocycles. The Morgan fingerprint density at radius 2 is 1.91 bits per heavy atom. The van der Waals surface area contributed by atoms with Crippen LogP contribution >= 0.6 is 0 Å². The highest BCUT2D eigenvalue weighted by Crippen LogP contribution is 2.34. The van der Waals surface area contributed by atoms with Crippen LogP contribution in [0.2, 0.25) is 0 Å². The summed E-state index contributed by atoms with van der Waals surface area (Å²) < 4.78 is 6.00. The highest BCUT2D eigenvalue weighted by atomic mass is 16.5. The van der Waals surface area contributed by atoms with Gasteiger partial charge in [0.05, 0.1) is 11.2 Å². The van der Waals surface area contributed by atoms with Gasteiger partial charge in [-0.2, -0.15) is 5.11 Å². The second-order valence-electron chi connectivity index (χ2n) is 8.48. The van der Waals surface area contributed by atoms with Crippen molar-refractivity contribution in [1.29, 1.82) is 0 Å².